The van der Waals surface area contributed by atoms with Crippen LogP contribution in [0, 0.1) is 0 Å². The van der Waals surface area contributed by atoms with E-state index >= 15 is 0 Å². The summed E-state index contributed by atoms with van der Waals surface area (Å²) in [5.41, 5.74) is 0.404. The fourth-order valence-electron chi connectivity index (χ4n) is 0.803. The van der Waals surface area contributed by atoms with Crippen molar-refractivity contribution >= 4 is 17.4 Å². The number of Topliss-reactive ketones (excluding diaryl/α,β-unsaturated/α-hetero) is 1. The Bertz CT molecular complexity index is 288. The summed E-state index contributed by atoms with van der Waals surface area (Å²) in [5, 5.41) is 0.222. The van der Waals surface area contributed by atoms with Crippen molar-refractivity contribution in [1.82, 2.24) is 4.98 Å². The standard InChI is InChI=1S/C8H8ClNO2/c1-12-5-7(11)6-3-2-4-10-8(6)9/h2-4H,5H2,1H3. The molecule has 3 nitrogen and oxygen atoms in total. The normalized spacial score (nSPS) is 9.83. The van der Waals surface area contributed by atoms with E-state index in [4.69, 9.17) is 11.6 Å². The minimum absolute atomic E-state index is 0.0331. The number of pyridine rings is 1. The van der Waals surface area contributed by atoms with Gasteiger partial charge in [-0.25, -0.2) is 4.98 Å². The molecule has 4 heteroatoms. The SMILES string of the molecule is COCC(=O)c1cccnc1Cl. The first-order chi connectivity index (χ1) is 5.75. The van der Waals surface area contributed by atoms with E-state index in [0.717, 1.165) is 0 Å². The van der Waals surface area contributed by atoms with Crippen LogP contribution in [0.5, 0.6) is 0 Å². The lowest BCUT2D eigenvalue weighted by Crippen LogP contribution is -2.07. The van der Waals surface area contributed by atoms with Crippen molar-refractivity contribution in [3.63, 3.8) is 0 Å². The number of ether oxygens (including phenoxy) is 1. The summed E-state index contributed by atoms with van der Waals surface area (Å²) < 4.78 is 4.68. The lowest BCUT2D eigenvalue weighted by atomic mass is 10.2. The van der Waals surface area contributed by atoms with Crippen LogP contribution in [-0.4, -0.2) is 24.5 Å². The number of aromatic nitrogens is 1. The third kappa shape index (κ3) is 2.03. The Hall–Kier alpha value is -0.930. The van der Waals surface area contributed by atoms with Crippen LogP contribution in [0.1, 0.15) is 10.4 Å². The van der Waals surface area contributed by atoms with E-state index in [9.17, 15) is 4.79 Å². The third-order valence-electron chi connectivity index (χ3n) is 1.33. The van der Waals surface area contributed by atoms with E-state index in [1.807, 2.05) is 0 Å². The van der Waals surface area contributed by atoms with Gasteiger partial charge >= 0.3 is 0 Å². The Balaban J connectivity index is 2.87. The van der Waals surface area contributed by atoms with Gasteiger partial charge in [-0.05, 0) is 12.1 Å². The quantitative estimate of drug-likeness (QED) is 0.530. The first-order valence-electron chi connectivity index (χ1n) is 3.38. The smallest absolute Gasteiger partial charge is 0.191 e. The number of halogens is 1. The fraction of sp³-hybridized carbons (Fsp3) is 0.250. The van der Waals surface area contributed by atoms with E-state index in [1.165, 1.54) is 13.3 Å². The minimum Gasteiger partial charge on any atom is -0.377 e. The van der Waals surface area contributed by atoms with E-state index < -0.39 is 0 Å². The zero-order valence-corrected chi connectivity index (χ0v) is 7.34. The van der Waals surface area contributed by atoms with Crippen molar-refractivity contribution in [3.8, 4) is 0 Å². The van der Waals surface area contributed by atoms with Crippen molar-refractivity contribution < 1.29 is 9.53 Å². The lowest BCUT2D eigenvalue weighted by molar-refractivity contribution is 0.0848. The molecule has 1 rings (SSSR count). The Morgan fingerprint density at radius 2 is 2.50 bits per heavy atom. The van der Waals surface area contributed by atoms with E-state index in [2.05, 4.69) is 9.72 Å². The molecule has 0 amide bonds. The highest BCUT2D eigenvalue weighted by atomic mass is 35.5. The highest BCUT2D eigenvalue weighted by Crippen LogP contribution is 2.11. The average Bonchev–Trinajstić information content (AvgIpc) is 2.05. The predicted octanol–water partition coefficient (Wildman–Crippen LogP) is 1.56. The van der Waals surface area contributed by atoms with Gasteiger partial charge < -0.3 is 4.74 Å². The Morgan fingerprint density at radius 1 is 1.75 bits per heavy atom. The number of ketones is 1. The van der Waals surface area contributed by atoms with Crippen molar-refractivity contribution in [3.05, 3.63) is 29.0 Å². The monoisotopic (exact) mass is 185 g/mol. The lowest BCUT2D eigenvalue weighted by Gasteiger charge is -1.99. The Kier molecular flexibility index (Phi) is 3.19. The van der Waals surface area contributed by atoms with Crippen LogP contribution in [0.15, 0.2) is 18.3 Å². The van der Waals surface area contributed by atoms with Gasteiger partial charge in [0.05, 0.1) is 5.56 Å². The van der Waals surface area contributed by atoms with Gasteiger partial charge in [-0.3, -0.25) is 4.79 Å². The number of hydrogen-bond acceptors (Lipinski definition) is 3. The van der Waals surface area contributed by atoms with Crippen LogP contribution < -0.4 is 0 Å². The molecule has 0 fully saturated rings. The van der Waals surface area contributed by atoms with Gasteiger partial charge in [0.2, 0.25) is 0 Å². The van der Waals surface area contributed by atoms with Crippen molar-refractivity contribution in [2.45, 2.75) is 0 Å². The van der Waals surface area contributed by atoms with Crippen LogP contribution in [0.25, 0.3) is 0 Å². The second-order valence-corrected chi connectivity index (χ2v) is 2.56. The summed E-state index contributed by atoms with van der Waals surface area (Å²) >= 11 is 5.67. The van der Waals surface area contributed by atoms with E-state index in [-0.39, 0.29) is 17.5 Å². The van der Waals surface area contributed by atoms with Crippen LogP contribution >= 0.6 is 11.6 Å². The maximum absolute atomic E-state index is 11.2. The molecule has 0 aromatic carbocycles. The van der Waals surface area contributed by atoms with Gasteiger partial charge in [-0.2, -0.15) is 0 Å². The van der Waals surface area contributed by atoms with Crippen LogP contribution in [0.4, 0.5) is 0 Å². The molecular weight excluding hydrogens is 178 g/mol. The fourth-order valence-corrected chi connectivity index (χ4v) is 1.03. The molecule has 0 bridgehead atoms. The van der Waals surface area contributed by atoms with Gasteiger partial charge in [0.15, 0.2) is 5.78 Å². The highest BCUT2D eigenvalue weighted by molar-refractivity contribution is 6.32. The molecule has 0 saturated carbocycles. The van der Waals surface area contributed by atoms with Crippen LogP contribution in [0.3, 0.4) is 0 Å². The molecule has 0 atom stereocenters. The van der Waals surface area contributed by atoms with Crippen LogP contribution in [0.2, 0.25) is 5.15 Å². The minimum atomic E-state index is -0.157. The Morgan fingerprint density at radius 3 is 3.08 bits per heavy atom. The average molecular weight is 186 g/mol. The maximum Gasteiger partial charge on any atom is 0.191 e. The zero-order valence-electron chi connectivity index (χ0n) is 6.58. The number of carbonyl (C=O) groups is 1. The summed E-state index contributed by atoms with van der Waals surface area (Å²) in [6.07, 6.45) is 1.53. The van der Waals surface area contributed by atoms with Gasteiger partial charge in [0.25, 0.3) is 0 Å². The number of rotatable bonds is 3. The topological polar surface area (TPSA) is 39.2 Å². The summed E-state index contributed by atoms with van der Waals surface area (Å²) in [4.78, 5) is 15.0. The van der Waals surface area contributed by atoms with E-state index in [1.54, 1.807) is 12.1 Å². The first-order valence-corrected chi connectivity index (χ1v) is 3.76. The molecule has 0 spiro atoms. The molecule has 1 aromatic heterocycles. The molecule has 64 valence electrons. The number of carbonyl (C=O) groups excluding carboxylic acids is 1. The van der Waals surface area contributed by atoms with E-state index in [0.29, 0.717) is 5.56 Å². The molecule has 12 heavy (non-hydrogen) atoms. The summed E-state index contributed by atoms with van der Waals surface area (Å²) in [7, 11) is 1.46. The third-order valence-corrected chi connectivity index (χ3v) is 1.64. The molecule has 1 aromatic rings. The Labute approximate surface area is 75.3 Å². The molecule has 0 aliphatic rings. The van der Waals surface area contributed by atoms with Gasteiger partial charge in [0.1, 0.15) is 11.8 Å². The molecular formula is C8H8ClNO2. The largest absolute Gasteiger partial charge is 0.377 e. The number of methoxy groups -OCH3 is 1. The summed E-state index contributed by atoms with van der Waals surface area (Å²) in [6, 6.07) is 3.28. The second-order valence-electron chi connectivity index (χ2n) is 2.20. The van der Waals surface area contributed by atoms with Crippen molar-refractivity contribution in [2.24, 2.45) is 0 Å². The van der Waals surface area contributed by atoms with Crippen LogP contribution in [-0.2, 0) is 4.74 Å². The molecule has 0 N–H and O–H groups in total. The summed E-state index contributed by atoms with van der Waals surface area (Å²) in [6.45, 7) is 0.0331. The molecule has 0 aliphatic heterocycles. The zero-order chi connectivity index (χ0) is 8.97. The van der Waals surface area contributed by atoms with Gasteiger partial charge in [-0.1, -0.05) is 11.6 Å². The predicted molar refractivity (Wildman–Crippen MR) is 45.5 cm³/mol. The number of nitrogens with zero attached hydrogens (tertiary/aromatic N) is 1. The van der Waals surface area contributed by atoms with Crippen molar-refractivity contribution in [1.29, 1.82) is 0 Å². The summed E-state index contributed by atoms with van der Waals surface area (Å²) in [5.74, 6) is -0.157. The molecule has 1 heterocycles. The second kappa shape index (κ2) is 4.18. The molecule has 0 aliphatic carbocycles. The number of hydrogen-bond donors (Lipinski definition) is 0. The maximum atomic E-state index is 11.2. The molecule has 0 radical (unpaired) electrons. The first kappa shape index (κ1) is 9.16. The van der Waals surface area contributed by atoms with Gasteiger partial charge in [-0.15, -0.1) is 0 Å². The molecule has 0 unspecified atom stereocenters. The van der Waals surface area contributed by atoms with Gasteiger partial charge in [0, 0.05) is 13.3 Å². The van der Waals surface area contributed by atoms with Crippen molar-refractivity contribution in [2.75, 3.05) is 13.7 Å². The molecule has 0 saturated heterocycles. The highest BCUT2D eigenvalue weighted by Gasteiger charge is 2.09.